The number of sulfonamides is 1. The van der Waals surface area contributed by atoms with Gasteiger partial charge in [-0.2, -0.15) is 0 Å². The molecule has 1 aromatic carbocycles. The fourth-order valence-corrected chi connectivity index (χ4v) is 3.05. The SMILES string of the molecule is CCCCN(c1ccccc1)S(=O)(=O)C(C)C(=O)O. The minimum atomic E-state index is -3.89. The van der Waals surface area contributed by atoms with Gasteiger partial charge in [0.25, 0.3) is 0 Å². The number of anilines is 1. The van der Waals surface area contributed by atoms with Crippen LogP contribution in [0.1, 0.15) is 26.7 Å². The molecule has 0 spiro atoms. The summed E-state index contributed by atoms with van der Waals surface area (Å²) in [7, 11) is -3.89. The smallest absolute Gasteiger partial charge is 0.323 e. The highest BCUT2D eigenvalue weighted by atomic mass is 32.2. The third-order valence-electron chi connectivity index (χ3n) is 2.86. The van der Waals surface area contributed by atoms with Gasteiger partial charge in [0.05, 0.1) is 5.69 Å². The van der Waals surface area contributed by atoms with Crippen LogP contribution in [0.3, 0.4) is 0 Å². The van der Waals surface area contributed by atoms with Gasteiger partial charge in [0, 0.05) is 6.54 Å². The molecule has 1 N–H and O–H groups in total. The maximum absolute atomic E-state index is 12.3. The standard InChI is InChI=1S/C13H19NO4S/c1-3-4-10-14(12-8-6-5-7-9-12)19(17,18)11(2)13(15)16/h5-9,11H,3-4,10H2,1-2H3,(H,15,16). The molecule has 1 unspecified atom stereocenters. The first-order chi connectivity index (χ1) is 8.91. The Morgan fingerprint density at radius 2 is 1.89 bits per heavy atom. The van der Waals surface area contributed by atoms with Crippen LogP contribution < -0.4 is 4.31 Å². The topological polar surface area (TPSA) is 74.7 Å². The summed E-state index contributed by atoms with van der Waals surface area (Å²) in [5, 5.41) is 7.48. The third kappa shape index (κ3) is 3.70. The number of nitrogens with zero attached hydrogens (tertiary/aromatic N) is 1. The van der Waals surface area contributed by atoms with E-state index in [1.807, 2.05) is 6.92 Å². The van der Waals surface area contributed by atoms with E-state index in [4.69, 9.17) is 5.11 Å². The van der Waals surface area contributed by atoms with Crippen LogP contribution in [0.25, 0.3) is 0 Å². The van der Waals surface area contributed by atoms with Gasteiger partial charge in [0.2, 0.25) is 10.0 Å². The Balaban J connectivity index is 3.14. The van der Waals surface area contributed by atoms with Gasteiger partial charge in [-0.1, -0.05) is 31.5 Å². The van der Waals surface area contributed by atoms with Gasteiger partial charge in [0.1, 0.15) is 0 Å². The van der Waals surface area contributed by atoms with E-state index in [-0.39, 0.29) is 0 Å². The molecular weight excluding hydrogens is 266 g/mol. The maximum Gasteiger partial charge on any atom is 0.323 e. The number of carboxylic acids is 1. The molecule has 0 aliphatic carbocycles. The average molecular weight is 285 g/mol. The second kappa shape index (κ2) is 6.56. The quantitative estimate of drug-likeness (QED) is 0.832. The third-order valence-corrected chi connectivity index (χ3v) is 4.96. The molecule has 0 radical (unpaired) electrons. The molecular formula is C13H19NO4S. The minimum absolute atomic E-state index is 0.292. The molecule has 0 aromatic heterocycles. The number of para-hydroxylation sites is 1. The van der Waals surface area contributed by atoms with E-state index in [0.717, 1.165) is 6.42 Å². The Kier molecular flexibility index (Phi) is 5.35. The van der Waals surface area contributed by atoms with E-state index in [1.54, 1.807) is 30.3 Å². The predicted octanol–water partition coefficient (Wildman–Crippen LogP) is 2.10. The maximum atomic E-state index is 12.3. The van der Waals surface area contributed by atoms with Crippen molar-refractivity contribution in [2.75, 3.05) is 10.8 Å². The molecule has 1 rings (SSSR count). The largest absolute Gasteiger partial charge is 0.480 e. The number of unbranched alkanes of at least 4 members (excludes halogenated alkanes) is 1. The van der Waals surface area contributed by atoms with Gasteiger partial charge >= 0.3 is 5.97 Å². The molecule has 0 saturated carbocycles. The highest BCUT2D eigenvalue weighted by Crippen LogP contribution is 2.21. The van der Waals surface area contributed by atoms with Crippen LogP contribution in [-0.2, 0) is 14.8 Å². The van der Waals surface area contributed by atoms with Gasteiger partial charge < -0.3 is 5.11 Å². The number of hydrogen-bond donors (Lipinski definition) is 1. The Morgan fingerprint density at radius 3 is 2.37 bits per heavy atom. The fraction of sp³-hybridized carbons (Fsp3) is 0.462. The monoisotopic (exact) mass is 285 g/mol. The summed E-state index contributed by atoms with van der Waals surface area (Å²) >= 11 is 0. The number of carbonyl (C=O) groups is 1. The van der Waals surface area contributed by atoms with E-state index in [0.29, 0.717) is 18.7 Å². The van der Waals surface area contributed by atoms with Crippen molar-refractivity contribution in [2.45, 2.75) is 31.9 Å². The summed E-state index contributed by atoms with van der Waals surface area (Å²) in [4.78, 5) is 10.9. The van der Waals surface area contributed by atoms with Gasteiger partial charge in [-0.05, 0) is 25.5 Å². The number of hydrogen-bond acceptors (Lipinski definition) is 3. The van der Waals surface area contributed by atoms with E-state index in [9.17, 15) is 13.2 Å². The molecule has 0 heterocycles. The van der Waals surface area contributed by atoms with Crippen molar-refractivity contribution in [1.29, 1.82) is 0 Å². The lowest BCUT2D eigenvalue weighted by Crippen LogP contribution is -2.41. The van der Waals surface area contributed by atoms with Gasteiger partial charge in [-0.3, -0.25) is 9.10 Å². The van der Waals surface area contributed by atoms with Gasteiger partial charge in [-0.15, -0.1) is 0 Å². The molecule has 1 atom stereocenters. The molecule has 1 aromatic rings. The second-order valence-electron chi connectivity index (χ2n) is 4.29. The Morgan fingerprint density at radius 1 is 1.32 bits per heavy atom. The van der Waals surface area contributed by atoms with Crippen LogP contribution in [0.4, 0.5) is 5.69 Å². The molecule has 0 saturated heterocycles. The zero-order valence-electron chi connectivity index (χ0n) is 11.1. The van der Waals surface area contributed by atoms with Crippen molar-refractivity contribution in [2.24, 2.45) is 0 Å². The summed E-state index contributed by atoms with van der Waals surface area (Å²) in [5.74, 6) is -1.34. The first-order valence-electron chi connectivity index (χ1n) is 6.20. The van der Waals surface area contributed by atoms with Crippen molar-refractivity contribution in [1.82, 2.24) is 0 Å². The van der Waals surface area contributed by atoms with E-state index >= 15 is 0 Å². The Bertz CT molecular complexity index is 513. The molecule has 0 aliphatic rings. The lowest BCUT2D eigenvalue weighted by atomic mass is 10.3. The first kappa shape index (κ1) is 15.5. The normalized spacial score (nSPS) is 12.9. The lowest BCUT2D eigenvalue weighted by molar-refractivity contribution is -0.136. The lowest BCUT2D eigenvalue weighted by Gasteiger charge is -2.26. The van der Waals surface area contributed by atoms with E-state index < -0.39 is 21.2 Å². The number of benzene rings is 1. The van der Waals surface area contributed by atoms with Crippen molar-refractivity contribution in [3.05, 3.63) is 30.3 Å². The van der Waals surface area contributed by atoms with Crippen molar-refractivity contribution in [3.63, 3.8) is 0 Å². The zero-order chi connectivity index (χ0) is 14.5. The summed E-state index contributed by atoms with van der Waals surface area (Å²) in [6.45, 7) is 3.44. The molecule has 0 bridgehead atoms. The van der Waals surface area contributed by atoms with Crippen LogP contribution in [0.15, 0.2) is 30.3 Å². The summed E-state index contributed by atoms with van der Waals surface area (Å²) in [6.07, 6.45) is 1.51. The molecule has 0 fully saturated rings. The van der Waals surface area contributed by atoms with E-state index in [2.05, 4.69) is 0 Å². The minimum Gasteiger partial charge on any atom is -0.480 e. The predicted molar refractivity (Wildman–Crippen MR) is 74.7 cm³/mol. The molecule has 0 amide bonds. The summed E-state index contributed by atoms with van der Waals surface area (Å²) < 4.78 is 25.8. The fourth-order valence-electron chi connectivity index (χ4n) is 1.62. The molecule has 0 aliphatic heterocycles. The first-order valence-corrected chi connectivity index (χ1v) is 7.71. The second-order valence-corrected chi connectivity index (χ2v) is 6.46. The van der Waals surface area contributed by atoms with Crippen molar-refractivity contribution >= 4 is 21.7 Å². The van der Waals surface area contributed by atoms with Crippen LogP contribution in [-0.4, -0.2) is 31.3 Å². The van der Waals surface area contributed by atoms with Crippen LogP contribution in [0.2, 0.25) is 0 Å². The van der Waals surface area contributed by atoms with E-state index in [1.165, 1.54) is 11.2 Å². The summed E-state index contributed by atoms with van der Waals surface area (Å²) in [6, 6.07) is 8.59. The van der Waals surface area contributed by atoms with Crippen LogP contribution in [0.5, 0.6) is 0 Å². The highest BCUT2D eigenvalue weighted by molar-refractivity contribution is 7.94. The van der Waals surface area contributed by atoms with Crippen LogP contribution >= 0.6 is 0 Å². The molecule has 6 heteroatoms. The highest BCUT2D eigenvalue weighted by Gasteiger charge is 2.33. The average Bonchev–Trinajstić information content (AvgIpc) is 2.39. The Hall–Kier alpha value is -1.56. The van der Waals surface area contributed by atoms with Crippen molar-refractivity contribution < 1.29 is 18.3 Å². The van der Waals surface area contributed by atoms with Crippen molar-refractivity contribution in [3.8, 4) is 0 Å². The zero-order valence-corrected chi connectivity index (χ0v) is 11.9. The molecule has 5 nitrogen and oxygen atoms in total. The number of rotatable bonds is 7. The molecule has 106 valence electrons. The van der Waals surface area contributed by atoms with Crippen LogP contribution in [0, 0.1) is 0 Å². The number of carboxylic acid groups (broad SMARTS) is 1. The Labute approximate surface area is 113 Å². The van der Waals surface area contributed by atoms with Gasteiger partial charge in [-0.25, -0.2) is 8.42 Å². The number of aliphatic carboxylic acids is 1. The summed E-state index contributed by atoms with van der Waals surface area (Å²) in [5.41, 5.74) is 0.504. The molecule has 19 heavy (non-hydrogen) atoms. The van der Waals surface area contributed by atoms with Gasteiger partial charge in [0.15, 0.2) is 5.25 Å².